The third kappa shape index (κ3) is 5.34. The van der Waals surface area contributed by atoms with Crippen LogP contribution in [0.1, 0.15) is 43.0 Å². The van der Waals surface area contributed by atoms with Gasteiger partial charge in [0.1, 0.15) is 0 Å². The number of benzene rings is 1. The maximum absolute atomic E-state index is 12.5. The fraction of sp³-hybridized carbons (Fsp3) is 0.389. The Morgan fingerprint density at radius 3 is 2.72 bits per heavy atom. The smallest absolute Gasteiger partial charge is 0.312 e. The first-order chi connectivity index (χ1) is 12.0. The summed E-state index contributed by atoms with van der Waals surface area (Å²) >= 11 is 0. The van der Waals surface area contributed by atoms with E-state index in [1.54, 1.807) is 13.1 Å². The van der Waals surface area contributed by atoms with Gasteiger partial charge >= 0.3 is 12.0 Å². The predicted molar refractivity (Wildman–Crippen MR) is 94.2 cm³/mol. The summed E-state index contributed by atoms with van der Waals surface area (Å²) < 4.78 is 5.24. The van der Waals surface area contributed by atoms with Gasteiger partial charge in [-0.15, -0.1) is 0 Å². The van der Waals surface area contributed by atoms with Crippen LogP contribution < -0.4 is 11.1 Å². The Bertz CT molecular complexity index is 754. The predicted octanol–water partition coefficient (Wildman–Crippen LogP) is 2.51. The number of nitrogens with one attached hydrogen (secondary N) is 2. The maximum Gasteiger partial charge on any atom is 0.312 e. The number of para-hydroxylation sites is 1. The Morgan fingerprint density at radius 1 is 1.20 bits per heavy atom. The van der Waals surface area contributed by atoms with Crippen molar-refractivity contribution in [2.45, 2.75) is 38.7 Å². The van der Waals surface area contributed by atoms with Crippen molar-refractivity contribution >= 4 is 28.7 Å². The molecule has 1 aromatic heterocycles. The number of ether oxygens (including phenoxy) is 1. The average molecular weight is 345 g/mol. The summed E-state index contributed by atoms with van der Waals surface area (Å²) in [6.45, 7) is 2.07. The van der Waals surface area contributed by atoms with Gasteiger partial charge in [0, 0.05) is 35.6 Å². The molecule has 0 aliphatic rings. The van der Waals surface area contributed by atoms with Crippen LogP contribution in [0.25, 0.3) is 10.9 Å². The van der Waals surface area contributed by atoms with Crippen LogP contribution in [0.3, 0.4) is 0 Å². The van der Waals surface area contributed by atoms with Crippen molar-refractivity contribution in [3.8, 4) is 0 Å². The number of amides is 2. The average Bonchev–Trinajstić information content (AvgIpc) is 3.01. The second-order valence-corrected chi connectivity index (χ2v) is 5.85. The first-order valence-corrected chi connectivity index (χ1v) is 8.32. The van der Waals surface area contributed by atoms with Crippen LogP contribution in [0.4, 0.5) is 4.79 Å². The number of hydrogen-bond acceptors (Lipinski definition) is 4. The van der Waals surface area contributed by atoms with Gasteiger partial charge in [-0.25, -0.2) is 4.79 Å². The molecule has 2 rings (SSSR count). The molecule has 4 N–H and O–H groups in total. The lowest BCUT2D eigenvalue weighted by atomic mass is 10.1. The summed E-state index contributed by atoms with van der Waals surface area (Å²) in [5.74, 6) is -0.625. The lowest BCUT2D eigenvalue weighted by Crippen LogP contribution is -2.30. The van der Waals surface area contributed by atoms with Crippen LogP contribution in [0.5, 0.6) is 0 Å². The van der Waals surface area contributed by atoms with Crippen LogP contribution in [0.2, 0.25) is 0 Å². The molecule has 0 spiro atoms. The van der Waals surface area contributed by atoms with Crippen LogP contribution in [0.15, 0.2) is 30.5 Å². The highest BCUT2D eigenvalue weighted by atomic mass is 16.5. The van der Waals surface area contributed by atoms with Gasteiger partial charge in [-0.2, -0.15) is 0 Å². The third-order valence-corrected chi connectivity index (χ3v) is 3.89. The number of nitrogens with two attached hydrogens (primary N) is 1. The number of carbonyl (C=O) groups excluding carboxylic acids is 3. The molecule has 7 nitrogen and oxygen atoms in total. The van der Waals surface area contributed by atoms with Crippen LogP contribution in [-0.4, -0.2) is 35.4 Å². The molecule has 1 aromatic carbocycles. The number of aromatic nitrogens is 1. The van der Waals surface area contributed by atoms with E-state index >= 15 is 0 Å². The number of primary amides is 1. The highest BCUT2D eigenvalue weighted by Gasteiger charge is 2.21. The molecular formula is C18H23N3O4. The molecule has 2 aromatic rings. The molecule has 0 radical (unpaired) electrons. The third-order valence-electron chi connectivity index (χ3n) is 3.89. The van der Waals surface area contributed by atoms with E-state index in [0.717, 1.165) is 23.7 Å². The zero-order valence-corrected chi connectivity index (χ0v) is 14.2. The molecule has 7 heteroatoms. The Balaban J connectivity index is 1.77. The van der Waals surface area contributed by atoms with Gasteiger partial charge in [0.15, 0.2) is 6.10 Å². The lowest BCUT2D eigenvalue weighted by Gasteiger charge is -2.12. The van der Waals surface area contributed by atoms with Crippen molar-refractivity contribution in [1.82, 2.24) is 10.3 Å². The number of ketones is 1. The molecule has 0 saturated carbocycles. The number of Topliss-reactive ketones (excluding diaryl/α,β-unsaturated/α-hetero) is 1. The van der Waals surface area contributed by atoms with Crippen molar-refractivity contribution in [3.05, 3.63) is 36.0 Å². The Hall–Kier alpha value is -2.83. The number of unbranched alkanes of at least 4 members (excludes halogenated alkanes) is 2. The largest absolute Gasteiger partial charge is 0.454 e. The minimum atomic E-state index is -0.830. The zero-order valence-electron chi connectivity index (χ0n) is 14.2. The minimum Gasteiger partial charge on any atom is -0.454 e. The molecule has 1 heterocycles. The fourth-order valence-electron chi connectivity index (χ4n) is 2.59. The number of carbonyl (C=O) groups is 3. The normalized spacial score (nSPS) is 11.9. The molecular weight excluding hydrogens is 322 g/mol. The van der Waals surface area contributed by atoms with Gasteiger partial charge in [0.05, 0.1) is 0 Å². The quantitative estimate of drug-likeness (QED) is 0.368. The van der Waals surface area contributed by atoms with Gasteiger partial charge in [0.25, 0.3) is 0 Å². The van der Waals surface area contributed by atoms with Crippen molar-refractivity contribution in [2.75, 3.05) is 6.54 Å². The zero-order chi connectivity index (χ0) is 18.2. The van der Waals surface area contributed by atoms with E-state index in [1.807, 2.05) is 24.3 Å². The molecule has 0 saturated heterocycles. The van der Waals surface area contributed by atoms with Crippen molar-refractivity contribution in [3.63, 3.8) is 0 Å². The van der Waals surface area contributed by atoms with Crippen LogP contribution >= 0.6 is 0 Å². The number of aromatic amines is 1. The molecule has 134 valence electrons. The van der Waals surface area contributed by atoms with E-state index in [2.05, 4.69) is 10.3 Å². The monoisotopic (exact) mass is 345 g/mol. The summed E-state index contributed by atoms with van der Waals surface area (Å²) in [7, 11) is 0. The summed E-state index contributed by atoms with van der Waals surface area (Å²) in [5, 5.41) is 3.30. The van der Waals surface area contributed by atoms with E-state index in [-0.39, 0.29) is 12.2 Å². The molecule has 0 bridgehead atoms. The van der Waals surface area contributed by atoms with Gasteiger partial charge < -0.3 is 20.8 Å². The van der Waals surface area contributed by atoms with E-state index in [1.165, 1.54) is 0 Å². The highest BCUT2D eigenvalue weighted by molar-refractivity contribution is 6.10. The SMILES string of the molecule is C[C@@H](OC(=O)CCCCCNC(N)=O)C(=O)c1c[nH]c2ccccc12. The van der Waals surface area contributed by atoms with E-state index in [4.69, 9.17) is 10.5 Å². The molecule has 1 atom stereocenters. The first-order valence-electron chi connectivity index (χ1n) is 8.32. The first kappa shape index (κ1) is 18.5. The fourth-order valence-corrected chi connectivity index (χ4v) is 2.59. The minimum absolute atomic E-state index is 0.226. The standard InChI is InChI=1S/C18H23N3O4/c1-12(25-16(22)9-3-2-6-10-20-18(19)24)17(23)14-11-21-15-8-5-4-7-13(14)15/h4-5,7-8,11-12,21H,2-3,6,9-10H2,1H3,(H3,19,20,24)/t12-/m1/s1. The molecule has 2 amide bonds. The van der Waals surface area contributed by atoms with Gasteiger partial charge in [-0.1, -0.05) is 24.6 Å². The lowest BCUT2D eigenvalue weighted by molar-refractivity contribution is -0.146. The Kier molecular flexibility index (Phi) is 6.56. The highest BCUT2D eigenvalue weighted by Crippen LogP contribution is 2.20. The summed E-state index contributed by atoms with van der Waals surface area (Å²) in [5.41, 5.74) is 6.35. The summed E-state index contributed by atoms with van der Waals surface area (Å²) in [4.78, 5) is 37.9. The topological polar surface area (TPSA) is 114 Å². The molecule has 0 unspecified atom stereocenters. The van der Waals surface area contributed by atoms with Crippen LogP contribution in [0, 0.1) is 0 Å². The van der Waals surface area contributed by atoms with E-state index < -0.39 is 18.1 Å². The summed E-state index contributed by atoms with van der Waals surface area (Å²) in [6, 6.07) is 6.93. The second-order valence-electron chi connectivity index (χ2n) is 5.85. The van der Waals surface area contributed by atoms with Gasteiger partial charge in [0.2, 0.25) is 5.78 Å². The number of urea groups is 1. The molecule has 0 fully saturated rings. The molecule has 0 aliphatic carbocycles. The van der Waals surface area contributed by atoms with Gasteiger partial charge in [-0.05, 0) is 25.8 Å². The van der Waals surface area contributed by atoms with Gasteiger partial charge in [-0.3, -0.25) is 9.59 Å². The van der Waals surface area contributed by atoms with Crippen LogP contribution in [-0.2, 0) is 9.53 Å². The number of H-pyrrole nitrogens is 1. The van der Waals surface area contributed by atoms with Crippen molar-refractivity contribution in [1.29, 1.82) is 0 Å². The maximum atomic E-state index is 12.5. The van der Waals surface area contributed by atoms with E-state index in [0.29, 0.717) is 18.5 Å². The van der Waals surface area contributed by atoms with Crippen molar-refractivity contribution in [2.24, 2.45) is 5.73 Å². The number of fused-ring (bicyclic) bond motifs is 1. The second kappa shape index (κ2) is 8.86. The van der Waals surface area contributed by atoms with Crippen molar-refractivity contribution < 1.29 is 19.1 Å². The molecule has 25 heavy (non-hydrogen) atoms. The van der Waals surface area contributed by atoms with E-state index in [9.17, 15) is 14.4 Å². The number of hydrogen-bond donors (Lipinski definition) is 3. The molecule has 0 aliphatic heterocycles. The Labute approximate surface area is 145 Å². The number of rotatable bonds is 9. The number of esters is 1. The summed E-state index contributed by atoms with van der Waals surface area (Å²) in [6.07, 6.45) is 3.18. The Morgan fingerprint density at radius 2 is 1.96 bits per heavy atom.